The molecule has 3 aromatic rings. The molecule has 5 rings (SSSR count). The van der Waals surface area contributed by atoms with E-state index in [4.69, 9.17) is 9.72 Å². The van der Waals surface area contributed by atoms with Crippen LogP contribution in [0.15, 0.2) is 24.4 Å². The number of ketones is 1. The Labute approximate surface area is 210 Å². The van der Waals surface area contributed by atoms with Crippen molar-refractivity contribution in [3.63, 3.8) is 0 Å². The molecular formula is C28H33N3O3S. The highest BCUT2D eigenvalue weighted by Crippen LogP contribution is 2.46. The summed E-state index contributed by atoms with van der Waals surface area (Å²) >= 11 is 1.69. The fourth-order valence-corrected chi connectivity index (χ4v) is 6.75. The normalized spacial score (nSPS) is 17.6. The largest absolute Gasteiger partial charge is 0.496 e. The monoisotopic (exact) mass is 491 g/mol. The number of ether oxygens (including phenoxy) is 1. The molecule has 1 aliphatic carbocycles. The molecule has 0 radical (unpaired) electrons. The van der Waals surface area contributed by atoms with Crippen molar-refractivity contribution in [3.8, 4) is 5.75 Å². The molecule has 2 aromatic heterocycles. The van der Waals surface area contributed by atoms with E-state index in [1.165, 1.54) is 0 Å². The summed E-state index contributed by atoms with van der Waals surface area (Å²) in [6, 6.07) is 5.74. The van der Waals surface area contributed by atoms with E-state index in [2.05, 4.69) is 32.7 Å². The van der Waals surface area contributed by atoms with Crippen LogP contribution in [-0.2, 0) is 18.3 Å². The average molecular weight is 492 g/mol. The topological polar surface area (TPSA) is 72.4 Å². The first kappa shape index (κ1) is 23.9. The van der Waals surface area contributed by atoms with Gasteiger partial charge in [-0.3, -0.25) is 14.6 Å². The summed E-state index contributed by atoms with van der Waals surface area (Å²) in [5.41, 5.74) is 2.16. The molecule has 0 N–H and O–H groups in total. The van der Waals surface area contributed by atoms with E-state index in [0.29, 0.717) is 36.5 Å². The molecule has 1 fully saturated rings. The van der Waals surface area contributed by atoms with Gasteiger partial charge in [0.25, 0.3) is 5.91 Å². The van der Waals surface area contributed by atoms with Gasteiger partial charge in [0.15, 0.2) is 5.78 Å². The van der Waals surface area contributed by atoms with Gasteiger partial charge in [-0.25, -0.2) is 4.98 Å². The van der Waals surface area contributed by atoms with Crippen LogP contribution < -0.4 is 4.74 Å². The fourth-order valence-electron chi connectivity index (χ4n) is 5.44. The molecule has 35 heavy (non-hydrogen) atoms. The molecular weight excluding hydrogens is 458 g/mol. The van der Waals surface area contributed by atoms with Crippen molar-refractivity contribution in [2.45, 2.75) is 65.2 Å². The van der Waals surface area contributed by atoms with Crippen LogP contribution in [0.5, 0.6) is 5.75 Å². The van der Waals surface area contributed by atoms with E-state index in [0.717, 1.165) is 52.0 Å². The first-order chi connectivity index (χ1) is 16.6. The number of piperidine rings is 1. The molecule has 1 aliphatic heterocycles. The van der Waals surface area contributed by atoms with Gasteiger partial charge in [0.1, 0.15) is 11.4 Å². The molecule has 2 aliphatic rings. The van der Waals surface area contributed by atoms with Crippen molar-refractivity contribution < 1.29 is 14.3 Å². The molecule has 184 valence electrons. The average Bonchev–Trinajstić information content (AvgIpc) is 3.28. The number of fused-ring (bicyclic) bond motifs is 2. The van der Waals surface area contributed by atoms with Crippen molar-refractivity contribution in [2.75, 3.05) is 20.2 Å². The van der Waals surface area contributed by atoms with Gasteiger partial charge >= 0.3 is 0 Å². The van der Waals surface area contributed by atoms with E-state index in [-0.39, 0.29) is 22.5 Å². The molecule has 3 heterocycles. The third-order valence-corrected chi connectivity index (χ3v) is 8.99. The number of rotatable bonds is 3. The predicted molar refractivity (Wildman–Crippen MR) is 139 cm³/mol. The Morgan fingerprint density at radius 2 is 1.91 bits per heavy atom. The number of hydrogen-bond donors (Lipinski definition) is 0. The third-order valence-electron chi connectivity index (χ3n) is 7.51. The first-order valence-corrected chi connectivity index (χ1v) is 13.2. The summed E-state index contributed by atoms with van der Waals surface area (Å²) in [5.74, 6) is 0.875. The second-order valence-electron chi connectivity index (χ2n) is 11.0. The van der Waals surface area contributed by atoms with Crippen LogP contribution >= 0.6 is 11.3 Å². The number of aryl methyl sites for hydroxylation is 1. The zero-order valence-electron chi connectivity index (χ0n) is 21.2. The van der Waals surface area contributed by atoms with E-state index in [9.17, 15) is 9.59 Å². The molecule has 0 bridgehead atoms. The van der Waals surface area contributed by atoms with E-state index in [1.54, 1.807) is 24.6 Å². The Morgan fingerprint density at radius 1 is 1.17 bits per heavy atom. The van der Waals surface area contributed by atoms with Crippen molar-refractivity contribution in [3.05, 3.63) is 51.2 Å². The van der Waals surface area contributed by atoms with E-state index < -0.39 is 0 Å². The molecule has 1 amide bonds. The second kappa shape index (κ2) is 8.70. The zero-order chi connectivity index (χ0) is 25.0. The summed E-state index contributed by atoms with van der Waals surface area (Å²) in [7, 11) is 1.64. The number of Topliss-reactive ketones (excluding diaryl/α,β-unsaturated/α-hetero) is 1. The Kier molecular flexibility index (Phi) is 5.94. The number of thiazole rings is 1. The molecule has 1 saturated heterocycles. The van der Waals surface area contributed by atoms with Crippen molar-refractivity contribution >= 4 is 33.8 Å². The Morgan fingerprint density at radius 3 is 2.57 bits per heavy atom. The number of carbonyl (C=O) groups excluding carboxylic acids is 2. The number of amides is 1. The summed E-state index contributed by atoms with van der Waals surface area (Å²) in [4.78, 5) is 38.8. The number of methoxy groups -OCH3 is 1. The highest BCUT2D eigenvalue weighted by atomic mass is 32.1. The highest BCUT2D eigenvalue weighted by Gasteiger charge is 2.44. The quantitative estimate of drug-likeness (QED) is 0.476. The summed E-state index contributed by atoms with van der Waals surface area (Å²) in [5, 5.41) is 2.98. The lowest BCUT2D eigenvalue weighted by Crippen LogP contribution is -2.46. The Bertz CT molecular complexity index is 1310. The number of aromatic nitrogens is 2. The number of hydrogen-bond acceptors (Lipinski definition) is 6. The molecule has 7 heteroatoms. The number of pyridine rings is 1. The van der Waals surface area contributed by atoms with Gasteiger partial charge in [-0.2, -0.15) is 0 Å². The Balaban J connectivity index is 1.36. The van der Waals surface area contributed by atoms with Crippen molar-refractivity contribution in [1.82, 2.24) is 14.9 Å². The number of likely N-dealkylation sites (tertiary alicyclic amines) is 1. The second-order valence-corrected chi connectivity index (χ2v) is 12.1. The molecule has 1 aromatic carbocycles. The number of carbonyl (C=O) groups is 2. The minimum absolute atomic E-state index is 0.0154. The molecule has 0 saturated carbocycles. The van der Waals surface area contributed by atoms with Crippen LogP contribution in [0, 0.1) is 5.41 Å². The highest BCUT2D eigenvalue weighted by molar-refractivity contribution is 7.12. The van der Waals surface area contributed by atoms with Crippen molar-refractivity contribution in [2.24, 2.45) is 5.41 Å². The summed E-state index contributed by atoms with van der Waals surface area (Å²) in [6.07, 6.45) is 5.66. The predicted octanol–water partition coefficient (Wildman–Crippen LogP) is 5.61. The summed E-state index contributed by atoms with van der Waals surface area (Å²) in [6.45, 7) is 9.80. The van der Waals surface area contributed by atoms with Crippen LogP contribution in [0.1, 0.15) is 83.4 Å². The lowest BCUT2D eigenvalue weighted by molar-refractivity contribution is 0.0522. The van der Waals surface area contributed by atoms with Gasteiger partial charge in [0.2, 0.25) is 0 Å². The van der Waals surface area contributed by atoms with Gasteiger partial charge < -0.3 is 9.64 Å². The molecule has 0 unspecified atom stereocenters. The van der Waals surface area contributed by atoms with Crippen LogP contribution in [0.3, 0.4) is 0 Å². The number of benzene rings is 1. The minimum atomic E-state index is -0.0665. The smallest absolute Gasteiger partial charge is 0.254 e. The van der Waals surface area contributed by atoms with Crippen LogP contribution in [0.4, 0.5) is 0 Å². The molecule has 0 atom stereocenters. The maximum Gasteiger partial charge on any atom is 0.254 e. The minimum Gasteiger partial charge on any atom is -0.496 e. The van der Waals surface area contributed by atoms with Gasteiger partial charge in [0, 0.05) is 58.0 Å². The SMILES string of the molecule is CCc1nccc2c(OC)cc(C(=O)N3CCC4(CC3)CC(=O)c3nc(C(C)(C)C)sc3C4)cc12. The van der Waals surface area contributed by atoms with Gasteiger partial charge in [-0.1, -0.05) is 27.7 Å². The van der Waals surface area contributed by atoms with Crippen LogP contribution in [0.25, 0.3) is 10.8 Å². The Hall–Kier alpha value is -2.80. The van der Waals surface area contributed by atoms with Gasteiger partial charge in [-0.15, -0.1) is 11.3 Å². The van der Waals surface area contributed by atoms with Crippen LogP contribution in [-0.4, -0.2) is 46.8 Å². The van der Waals surface area contributed by atoms with E-state index >= 15 is 0 Å². The third kappa shape index (κ3) is 4.24. The maximum absolute atomic E-state index is 13.5. The molecule has 6 nitrogen and oxygen atoms in total. The van der Waals surface area contributed by atoms with Crippen molar-refractivity contribution in [1.29, 1.82) is 0 Å². The number of nitrogens with zero attached hydrogens (tertiary/aromatic N) is 3. The zero-order valence-corrected chi connectivity index (χ0v) is 22.1. The van der Waals surface area contributed by atoms with Gasteiger partial charge in [-0.05, 0) is 49.3 Å². The summed E-state index contributed by atoms with van der Waals surface area (Å²) < 4.78 is 5.63. The first-order valence-electron chi connectivity index (χ1n) is 12.4. The lowest BCUT2D eigenvalue weighted by atomic mass is 9.68. The maximum atomic E-state index is 13.5. The standard InChI is InChI=1S/C28H33N3O3S/c1-6-20-19-13-17(14-22(34-5)18(19)7-10-29-20)25(33)31-11-8-28(9-12-31)15-21(32)24-23(16-28)35-26(30-24)27(2,3)4/h7,10,13-14H,6,8-9,11-12,15-16H2,1-5H3. The van der Waals surface area contributed by atoms with E-state index in [1.807, 2.05) is 23.1 Å². The van der Waals surface area contributed by atoms with Gasteiger partial charge in [0.05, 0.1) is 12.1 Å². The lowest BCUT2D eigenvalue weighted by Gasteiger charge is -2.43. The van der Waals surface area contributed by atoms with Crippen LogP contribution in [0.2, 0.25) is 0 Å². The molecule has 1 spiro atoms. The fraction of sp³-hybridized carbons (Fsp3) is 0.500.